The summed E-state index contributed by atoms with van der Waals surface area (Å²) in [5.74, 6) is 0. The van der Waals surface area contributed by atoms with Gasteiger partial charge in [-0.15, -0.1) is 0 Å². The van der Waals surface area contributed by atoms with Gasteiger partial charge in [0.05, 0.1) is 4.92 Å². The first-order valence-corrected chi connectivity index (χ1v) is 8.19. The summed E-state index contributed by atoms with van der Waals surface area (Å²) in [6.07, 6.45) is -0.915. The summed E-state index contributed by atoms with van der Waals surface area (Å²) in [5, 5.41) is 13.7. The van der Waals surface area contributed by atoms with Gasteiger partial charge in [-0.2, -0.15) is 0 Å². The third-order valence-electron chi connectivity index (χ3n) is 3.28. The van der Waals surface area contributed by atoms with E-state index in [1.54, 1.807) is 36.4 Å². The van der Waals surface area contributed by atoms with Crippen molar-refractivity contribution in [2.45, 2.75) is 17.1 Å². The number of nitrogens with one attached hydrogen (secondary N) is 1. The molecule has 0 spiro atoms. The van der Waals surface area contributed by atoms with Crippen LogP contribution in [0.2, 0.25) is 5.02 Å². The van der Waals surface area contributed by atoms with Crippen LogP contribution >= 0.6 is 34.8 Å². The Kier molecular flexibility index (Phi) is 6.47. The Labute approximate surface area is 158 Å². The van der Waals surface area contributed by atoms with Gasteiger partial charge in [0.2, 0.25) is 0 Å². The second-order valence-electron chi connectivity index (χ2n) is 5.01. The van der Waals surface area contributed by atoms with Crippen molar-refractivity contribution in [3.63, 3.8) is 0 Å². The summed E-state index contributed by atoms with van der Waals surface area (Å²) >= 11 is 17.7. The number of hydrogen-bond donors (Lipinski definition) is 1. The maximum Gasteiger partial charge on any atom is 0.408 e. The largest absolute Gasteiger partial charge is 0.445 e. The summed E-state index contributed by atoms with van der Waals surface area (Å²) in [5.41, 5.74) is 0.951. The molecule has 0 bridgehead atoms. The summed E-state index contributed by atoms with van der Waals surface area (Å²) in [6, 6.07) is 13.7. The summed E-state index contributed by atoms with van der Waals surface area (Å²) in [4.78, 5) is 22.4. The highest BCUT2D eigenvalue weighted by Crippen LogP contribution is 2.39. The number of alkyl halides is 2. The zero-order valence-corrected chi connectivity index (χ0v) is 15.0. The predicted molar refractivity (Wildman–Crippen MR) is 95.4 cm³/mol. The Morgan fingerprint density at radius 2 is 1.76 bits per heavy atom. The molecule has 132 valence electrons. The van der Waals surface area contributed by atoms with Crippen LogP contribution in [0.1, 0.15) is 17.2 Å². The number of amides is 1. The highest BCUT2D eigenvalue weighted by molar-refractivity contribution is 6.47. The highest BCUT2D eigenvalue weighted by atomic mass is 35.5. The summed E-state index contributed by atoms with van der Waals surface area (Å²) in [6.45, 7) is -0.0159. The van der Waals surface area contributed by atoms with Gasteiger partial charge in [-0.3, -0.25) is 10.1 Å². The fourth-order valence-electron chi connectivity index (χ4n) is 2.05. The molecule has 6 nitrogen and oxygen atoms in total. The van der Waals surface area contributed by atoms with E-state index >= 15 is 0 Å². The predicted octanol–water partition coefficient (Wildman–Crippen LogP) is 4.72. The van der Waals surface area contributed by atoms with Crippen molar-refractivity contribution >= 4 is 40.9 Å². The van der Waals surface area contributed by atoms with Gasteiger partial charge in [0, 0.05) is 10.6 Å². The lowest BCUT2D eigenvalue weighted by molar-refractivity contribution is -0.521. The average Bonchev–Trinajstić information content (AvgIpc) is 2.59. The number of rotatable bonds is 6. The van der Waals surface area contributed by atoms with E-state index in [0.29, 0.717) is 0 Å². The molecule has 0 saturated heterocycles. The van der Waals surface area contributed by atoms with Crippen LogP contribution in [0.25, 0.3) is 0 Å². The van der Waals surface area contributed by atoms with Crippen LogP contribution in [0.3, 0.4) is 0 Å². The molecule has 1 unspecified atom stereocenters. The lowest BCUT2D eigenvalue weighted by Gasteiger charge is -2.24. The molecule has 0 saturated carbocycles. The molecule has 0 aliphatic rings. The van der Waals surface area contributed by atoms with Crippen LogP contribution in [-0.2, 0) is 11.3 Å². The first-order valence-electron chi connectivity index (χ1n) is 7.06. The number of ether oxygens (including phenoxy) is 1. The molecule has 0 aliphatic carbocycles. The van der Waals surface area contributed by atoms with Gasteiger partial charge in [-0.25, -0.2) is 4.79 Å². The molecule has 0 radical (unpaired) electrons. The molecule has 2 aromatic rings. The zero-order valence-electron chi connectivity index (χ0n) is 12.7. The molecule has 1 amide bonds. The summed E-state index contributed by atoms with van der Waals surface area (Å²) in [7, 11) is 0. The number of hydrogen-bond acceptors (Lipinski definition) is 4. The molecular weight excluding hydrogens is 391 g/mol. The van der Waals surface area contributed by atoms with E-state index < -0.39 is 21.5 Å². The molecule has 0 heterocycles. The van der Waals surface area contributed by atoms with E-state index in [1.807, 2.05) is 6.07 Å². The maximum absolute atomic E-state index is 12.1. The van der Waals surface area contributed by atoms with Crippen LogP contribution in [0.15, 0.2) is 54.6 Å². The van der Waals surface area contributed by atoms with Crippen molar-refractivity contribution < 1.29 is 14.5 Å². The summed E-state index contributed by atoms with van der Waals surface area (Å²) < 4.78 is 2.53. The molecule has 25 heavy (non-hydrogen) atoms. The van der Waals surface area contributed by atoms with E-state index in [1.165, 1.54) is 12.1 Å². The van der Waals surface area contributed by atoms with Gasteiger partial charge in [0.15, 0.2) is 6.04 Å². The van der Waals surface area contributed by atoms with Crippen molar-refractivity contribution in [1.29, 1.82) is 0 Å². The Bertz CT molecular complexity index is 756. The molecule has 0 aromatic heterocycles. The first-order chi connectivity index (χ1) is 11.8. The van der Waals surface area contributed by atoms with Gasteiger partial charge in [-0.05, 0) is 34.8 Å². The number of nitrogens with zero attached hydrogens (tertiary/aromatic N) is 1. The average molecular weight is 404 g/mol. The number of benzene rings is 2. The van der Waals surface area contributed by atoms with Crippen LogP contribution < -0.4 is 5.32 Å². The fraction of sp³-hybridized carbons (Fsp3) is 0.188. The number of halogens is 3. The number of nitro groups is 1. The lowest BCUT2D eigenvalue weighted by atomic mass is 10.1. The van der Waals surface area contributed by atoms with Crippen molar-refractivity contribution in [3.05, 3.63) is 80.9 Å². The maximum atomic E-state index is 12.1. The first kappa shape index (κ1) is 19.3. The van der Waals surface area contributed by atoms with E-state index in [-0.39, 0.29) is 17.2 Å². The van der Waals surface area contributed by atoms with Crippen molar-refractivity contribution in [3.8, 4) is 0 Å². The van der Waals surface area contributed by atoms with E-state index in [0.717, 1.165) is 5.56 Å². The third kappa shape index (κ3) is 4.98. The lowest BCUT2D eigenvalue weighted by Crippen LogP contribution is -2.44. The van der Waals surface area contributed by atoms with Crippen LogP contribution in [0.5, 0.6) is 0 Å². The van der Waals surface area contributed by atoms with Crippen LogP contribution in [-0.4, -0.2) is 15.5 Å². The number of carbonyl (C=O) groups excluding carboxylic acids is 1. The van der Waals surface area contributed by atoms with Gasteiger partial charge >= 0.3 is 10.6 Å². The standard InChI is InChI=1S/C16H13Cl3N2O4/c17-13-9-5-4-8-12(13)14(16(18,19)21(23)24)20-15(22)25-10-11-6-2-1-3-7-11/h1-9,14H,10H2,(H,20,22). The minimum absolute atomic E-state index is 0.0159. The number of carbonyl (C=O) groups is 1. The minimum Gasteiger partial charge on any atom is -0.445 e. The van der Waals surface area contributed by atoms with Crippen LogP contribution in [0.4, 0.5) is 4.79 Å². The molecular formula is C16H13Cl3N2O4. The van der Waals surface area contributed by atoms with Crippen LogP contribution in [0, 0.1) is 10.1 Å². The van der Waals surface area contributed by atoms with E-state index in [4.69, 9.17) is 39.5 Å². The topological polar surface area (TPSA) is 81.5 Å². The second-order valence-corrected chi connectivity index (χ2v) is 6.76. The SMILES string of the molecule is O=C(NC(c1ccccc1Cl)C(Cl)(Cl)[N+](=O)[O-])OCc1ccccc1. The smallest absolute Gasteiger partial charge is 0.408 e. The zero-order chi connectivity index (χ0) is 18.4. The Morgan fingerprint density at radius 3 is 2.36 bits per heavy atom. The molecule has 0 aliphatic heterocycles. The molecule has 9 heteroatoms. The quantitative estimate of drug-likeness (QED) is 0.327. The van der Waals surface area contributed by atoms with Gasteiger partial charge < -0.3 is 10.1 Å². The van der Waals surface area contributed by atoms with E-state index in [2.05, 4.69) is 5.32 Å². The normalized spacial score (nSPS) is 12.3. The number of alkyl carbamates (subject to hydrolysis) is 1. The van der Waals surface area contributed by atoms with Crippen molar-refractivity contribution in [1.82, 2.24) is 5.32 Å². The van der Waals surface area contributed by atoms with Gasteiger partial charge in [0.25, 0.3) is 0 Å². The Hall–Kier alpha value is -2.02. The second kappa shape index (κ2) is 8.38. The minimum atomic E-state index is -2.53. The van der Waals surface area contributed by atoms with Crippen molar-refractivity contribution in [2.24, 2.45) is 0 Å². The highest BCUT2D eigenvalue weighted by Gasteiger charge is 2.50. The van der Waals surface area contributed by atoms with Gasteiger partial charge in [0.1, 0.15) is 6.61 Å². The van der Waals surface area contributed by atoms with Crippen molar-refractivity contribution in [2.75, 3.05) is 0 Å². The monoisotopic (exact) mass is 402 g/mol. The fourth-order valence-corrected chi connectivity index (χ4v) is 2.64. The molecule has 1 atom stereocenters. The Morgan fingerprint density at radius 1 is 1.16 bits per heavy atom. The van der Waals surface area contributed by atoms with E-state index in [9.17, 15) is 14.9 Å². The Balaban J connectivity index is 2.17. The van der Waals surface area contributed by atoms with Gasteiger partial charge in [-0.1, -0.05) is 60.1 Å². The third-order valence-corrected chi connectivity index (χ3v) is 4.34. The molecule has 2 aromatic carbocycles. The molecule has 1 N–H and O–H groups in total. The molecule has 0 fully saturated rings. The molecule has 2 rings (SSSR count).